The fourth-order valence-electron chi connectivity index (χ4n) is 10.6. The molecule has 3 aliphatic carbocycles. The highest BCUT2D eigenvalue weighted by Crippen LogP contribution is 2.40. The Morgan fingerprint density at radius 3 is 1.20 bits per heavy atom. The molecule has 0 bridgehead atoms. The third-order valence-electron chi connectivity index (χ3n) is 16.3. The van der Waals surface area contributed by atoms with Crippen LogP contribution in [0.5, 0.6) is 0 Å². The second-order valence-corrected chi connectivity index (χ2v) is 24.8. The maximum atomic E-state index is 13.5. The van der Waals surface area contributed by atoms with Crippen LogP contribution in [0.2, 0.25) is 0 Å². The van der Waals surface area contributed by atoms with Crippen molar-refractivity contribution in [2.45, 2.75) is 174 Å². The molecule has 6 aromatic heterocycles. The standard InChI is InChI=1S/2C22H25FN4O2.C22H26N4O2/c1-13-11-14(7-8-16(13)23)12-19(28)26-21-24-17-9-10-18(22(2,3)29)25-20(17)27(21)15-5-4-6-15;1-13-7-8-15(23)11-14(13)12-19(28)26-21-24-17-9-10-18(22(2,3)29)25-20(17)27(21)16-5-4-6-16;1-14-7-9-15(10-8-14)13-19(27)25-21-23-17-11-12-18(22(2,3)28)24-20(17)26(21)16-5-4-6-16/h7-11,15,29H,4-6,12H2,1-3H3,(H,24,26,28);7-11,16,29H,4-6,12H2,1-3H3,(H,24,26,28);7-12,16,28H,4-6,13H2,1-3H3,(H,23,25,27). The molecule has 0 radical (unpaired) electrons. The first kappa shape index (κ1) is 60.8. The van der Waals surface area contributed by atoms with Gasteiger partial charge in [0.15, 0.2) is 16.9 Å². The van der Waals surface area contributed by atoms with E-state index in [1.54, 1.807) is 84.9 Å². The van der Waals surface area contributed by atoms with Gasteiger partial charge in [-0.2, -0.15) is 0 Å². The molecular weight excluding hydrogens is 1090 g/mol. The van der Waals surface area contributed by atoms with Crippen LogP contribution in [0.4, 0.5) is 26.6 Å². The van der Waals surface area contributed by atoms with E-state index in [0.29, 0.717) is 74.8 Å². The SMILES string of the molecule is Cc1cc(CC(=O)Nc2nc3ccc(C(C)(C)O)nc3n2C2CCC2)ccc1F.Cc1ccc(CC(=O)Nc2nc3ccc(C(C)(C)O)nc3n2C2CCC2)cc1.Cc1ccc(F)cc1CC(=O)Nc1nc2ccc(C(C)(C)O)nc2n1C1CCC1. The van der Waals surface area contributed by atoms with Gasteiger partial charge >= 0.3 is 0 Å². The molecule has 0 unspecified atom stereocenters. The highest BCUT2D eigenvalue weighted by molar-refractivity contribution is 5.94. The lowest BCUT2D eigenvalue weighted by Gasteiger charge is -2.28. The molecule has 20 heteroatoms. The van der Waals surface area contributed by atoms with E-state index in [-0.39, 0.29) is 60.3 Å². The van der Waals surface area contributed by atoms with Gasteiger partial charge < -0.3 is 15.3 Å². The monoisotopic (exact) mass is 1170 g/mol. The van der Waals surface area contributed by atoms with Gasteiger partial charge in [0.05, 0.1) is 36.3 Å². The Morgan fingerprint density at radius 1 is 0.465 bits per heavy atom. The molecule has 3 aliphatic rings. The van der Waals surface area contributed by atoms with Gasteiger partial charge in [-0.3, -0.25) is 44.0 Å². The summed E-state index contributed by atoms with van der Waals surface area (Å²) in [6.07, 6.45) is 9.97. The van der Waals surface area contributed by atoms with E-state index >= 15 is 0 Å². The van der Waals surface area contributed by atoms with E-state index in [9.17, 15) is 38.5 Å². The number of halogens is 2. The molecule has 6 heterocycles. The summed E-state index contributed by atoms with van der Waals surface area (Å²) in [5, 5.41) is 39.7. The quantitative estimate of drug-likeness (QED) is 0.0562. The lowest BCUT2D eigenvalue weighted by Crippen LogP contribution is -2.24. The molecule has 3 saturated carbocycles. The minimum atomic E-state index is -1.07. The number of hydrogen-bond acceptors (Lipinski definition) is 12. The first-order valence-electron chi connectivity index (χ1n) is 29.6. The van der Waals surface area contributed by atoms with Crippen LogP contribution < -0.4 is 16.0 Å². The van der Waals surface area contributed by atoms with Crippen LogP contribution in [0.3, 0.4) is 0 Å². The van der Waals surface area contributed by atoms with E-state index in [4.69, 9.17) is 0 Å². The molecule has 0 saturated heterocycles. The zero-order chi connectivity index (χ0) is 61.4. The number of anilines is 3. The predicted octanol–water partition coefficient (Wildman–Crippen LogP) is 11.9. The molecule has 0 atom stereocenters. The summed E-state index contributed by atoms with van der Waals surface area (Å²) in [5.74, 6) is 0.252. The van der Waals surface area contributed by atoms with E-state index in [1.807, 2.05) is 70.0 Å². The minimum absolute atomic E-state index is 0.0693. The summed E-state index contributed by atoms with van der Waals surface area (Å²) in [6.45, 7) is 15.8. The Kier molecular flexibility index (Phi) is 17.4. The zero-order valence-corrected chi connectivity index (χ0v) is 50.3. The van der Waals surface area contributed by atoms with E-state index < -0.39 is 16.8 Å². The molecule has 9 aromatic rings. The molecule has 18 nitrogen and oxygen atoms in total. The van der Waals surface area contributed by atoms with Crippen molar-refractivity contribution in [3.05, 3.63) is 159 Å². The molecule has 3 aromatic carbocycles. The number of benzene rings is 3. The fourth-order valence-corrected chi connectivity index (χ4v) is 10.6. The molecule has 450 valence electrons. The Hall–Kier alpha value is -8.33. The highest BCUT2D eigenvalue weighted by atomic mass is 19.1. The molecule has 3 amide bonds. The van der Waals surface area contributed by atoms with Crippen molar-refractivity contribution in [2.24, 2.45) is 0 Å². The Balaban J connectivity index is 0.000000143. The van der Waals surface area contributed by atoms with Gasteiger partial charge in [-0.15, -0.1) is 0 Å². The number of carbonyl (C=O) groups is 3. The second-order valence-electron chi connectivity index (χ2n) is 24.8. The number of fused-ring (bicyclic) bond motifs is 3. The van der Waals surface area contributed by atoms with Crippen LogP contribution in [0, 0.1) is 32.4 Å². The average Bonchev–Trinajstić information content (AvgIpc) is 2.07. The first-order chi connectivity index (χ1) is 40.7. The van der Waals surface area contributed by atoms with Crippen molar-refractivity contribution in [3.8, 4) is 0 Å². The number of aryl methyl sites for hydroxylation is 3. The number of hydrogen-bond donors (Lipinski definition) is 6. The van der Waals surface area contributed by atoms with E-state index in [0.717, 1.165) is 85.6 Å². The van der Waals surface area contributed by atoms with E-state index in [2.05, 4.69) is 45.9 Å². The highest BCUT2D eigenvalue weighted by Gasteiger charge is 2.32. The largest absolute Gasteiger partial charge is 0.384 e. The molecular formula is C66H76F2N12O6. The number of aromatic nitrogens is 9. The topological polar surface area (TPSA) is 240 Å². The third-order valence-corrected chi connectivity index (χ3v) is 16.3. The lowest BCUT2D eigenvalue weighted by atomic mass is 9.93. The van der Waals surface area contributed by atoms with Gasteiger partial charge in [0, 0.05) is 18.1 Å². The smallest absolute Gasteiger partial charge is 0.231 e. The van der Waals surface area contributed by atoms with Gasteiger partial charge in [-0.25, -0.2) is 38.7 Å². The Labute approximate surface area is 498 Å². The van der Waals surface area contributed by atoms with Crippen molar-refractivity contribution in [1.82, 2.24) is 43.6 Å². The molecule has 6 N–H and O–H groups in total. The van der Waals surface area contributed by atoms with Gasteiger partial charge in [-0.05, 0) is 203 Å². The average molecular weight is 1170 g/mol. The number of imidazole rings is 3. The normalized spacial score (nSPS) is 14.8. The van der Waals surface area contributed by atoms with Crippen LogP contribution in [0.15, 0.2) is 97.1 Å². The summed E-state index contributed by atoms with van der Waals surface area (Å²) in [7, 11) is 0. The van der Waals surface area contributed by atoms with Crippen molar-refractivity contribution >= 4 is 69.1 Å². The van der Waals surface area contributed by atoms with Crippen molar-refractivity contribution in [1.29, 1.82) is 0 Å². The van der Waals surface area contributed by atoms with Gasteiger partial charge in [0.25, 0.3) is 0 Å². The van der Waals surface area contributed by atoms with E-state index in [1.165, 1.54) is 23.8 Å². The van der Waals surface area contributed by atoms with Crippen LogP contribution in [-0.4, -0.2) is 76.6 Å². The number of nitrogens with zero attached hydrogens (tertiary/aromatic N) is 9. The number of carbonyl (C=O) groups excluding carboxylic acids is 3. The second kappa shape index (κ2) is 24.6. The maximum absolute atomic E-state index is 13.5. The maximum Gasteiger partial charge on any atom is 0.231 e. The first-order valence-corrected chi connectivity index (χ1v) is 29.6. The van der Waals surface area contributed by atoms with Crippen molar-refractivity contribution in [2.75, 3.05) is 16.0 Å². The lowest BCUT2D eigenvalue weighted by molar-refractivity contribution is -0.116. The Morgan fingerprint density at radius 2 is 0.837 bits per heavy atom. The van der Waals surface area contributed by atoms with Crippen LogP contribution in [0.1, 0.15) is 168 Å². The zero-order valence-electron chi connectivity index (χ0n) is 50.3. The molecule has 0 aliphatic heterocycles. The van der Waals surface area contributed by atoms with Crippen LogP contribution in [-0.2, 0) is 50.4 Å². The predicted molar refractivity (Wildman–Crippen MR) is 327 cm³/mol. The summed E-state index contributed by atoms with van der Waals surface area (Å²) >= 11 is 0. The summed E-state index contributed by atoms with van der Waals surface area (Å²) < 4.78 is 33.0. The van der Waals surface area contributed by atoms with Gasteiger partial charge in [0.2, 0.25) is 35.6 Å². The third kappa shape index (κ3) is 13.8. The summed E-state index contributed by atoms with van der Waals surface area (Å²) in [4.78, 5) is 65.7. The van der Waals surface area contributed by atoms with Gasteiger partial charge in [-0.1, -0.05) is 48.0 Å². The fraction of sp³-hybridized carbons (Fsp3) is 0.409. The summed E-state index contributed by atoms with van der Waals surface area (Å²) in [5.41, 5.74) is 7.58. The Bertz CT molecular complexity index is 3990. The summed E-state index contributed by atoms with van der Waals surface area (Å²) in [6, 6.07) is 28.6. The minimum Gasteiger partial charge on any atom is -0.384 e. The van der Waals surface area contributed by atoms with Crippen LogP contribution in [0.25, 0.3) is 33.5 Å². The molecule has 3 fully saturated rings. The number of pyridine rings is 3. The number of rotatable bonds is 15. The molecule has 0 spiro atoms. The van der Waals surface area contributed by atoms with Crippen LogP contribution >= 0.6 is 0 Å². The number of amides is 3. The molecule has 86 heavy (non-hydrogen) atoms. The van der Waals surface area contributed by atoms with Gasteiger partial charge in [0.1, 0.15) is 45.0 Å². The number of aliphatic hydroxyl groups is 3. The molecule has 12 rings (SSSR count). The number of nitrogens with one attached hydrogen (secondary N) is 3. The van der Waals surface area contributed by atoms with Crippen molar-refractivity contribution < 1.29 is 38.5 Å². The van der Waals surface area contributed by atoms with Crippen molar-refractivity contribution in [3.63, 3.8) is 0 Å².